The van der Waals surface area contributed by atoms with E-state index in [9.17, 15) is 14.4 Å². The van der Waals surface area contributed by atoms with Gasteiger partial charge in [0.25, 0.3) is 11.8 Å². The Balaban J connectivity index is 1.33. The molecule has 0 bridgehead atoms. The quantitative estimate of drug-likeness (QED) is 0.584. The standard InChI is InChI=1S/C24H25N5O3S/c1-16-9-11-19(12-10-16)26-21(31)22-27-28-23(33-22)24(32)29-13-5-8-18(15-29)20(30)25-14-17-6-3-2-4-7-17/h2-4,6-7,9-12,18H,5,8,13-15H2,1H3,(H,25,30)(H,26,31)/t18-/m0/s1. The molecule has 0 saturated carbocycles. The largest absolute Gasteiger partial charge is 0.352 e. The lowest BCUT2D eigenvalue weighted by atomic mass is 9.97. The number of aromatic nitrogens is 2. The molecule has 1 atom stereocenters. The van der Waals surface area contributed by atoms with Gasteiger partial charge in [-0.2, -0.15) is 0 Å². The zero-order valence-electron chi connectivity index (χ0n) is 18.3. The summed E-state index contributed by atoms with van der Waals surface area (Å²) in [6.45, 7) is 3.29. The number of carbonyl (C=O) groups excluding carboxylic acids is 3. The van der Waals surface area contributed by atoms with Gasteiger partial charge < -0.3 is 15.5 Å². The lowest BCUT2D eigenvalue weighted by Gasteiger charge is -2.31. The molecule has 0 radical (unpaired) electrons. The van der Waals surface area contributed by atoms with Crippen LogP contribution in [0.15, 0.2) is 54.6 Å². The van der Waals surface area contributed by atoms with Crippen LogP contribution in [-0.2, 0) is 11.3 Å². The Morgan fingerprint density at radius 1 is 1.03 bits per heavy atom. The van der Waals surface area contributed by atoms with Gasteiger partial charge >= 0.3 is 0 Å². The lowest BCUT2D eigenvalue weighted by molar-refractivity contribution is -0.126. The summed E-state index contributed by atoms with van der Waals surface area (Å²) in [5, 5.41) is 13.8. The summed E-state index contributed by atoms with van der Waals surface area (Å²) in [6.07, 6.45) is 1.46. The fourth-order valence-corrected chi connectivity index (χ4v) is 4.37. The van der Waals surface area contributed by atoms with Crippen LogP contribution in [0.1, 0.15) is 43.6 Å². The van der Waals surface area contributed by atoms with Crippen molar-refractivity contribution in [2.75, 3.05) is 18.4 Å². The number of hydrogen-bond acceptors (Lipinski definition) is 6. The van der Waals surface area contributed by atoms with E-state index in [0.717, 1.165) is 35.3 Å². The molecule has 1 aliphatic rings. The Hall–Kier alpha value is -3.59. The van der Waals surface area contributed by atoms with Gasteiger partial charge in [0.05, 0.1) is 5.92 Å². The van der Waals surface area contributed by atoms with Crippen LogP contribution in [-0.4, -0.2) is 45.9 Å². The minimum absolute atomic E-state index is 0.0632. The molecule has 1 aliphatic heterocycles. The highest BCUT2D eigenvalue weighted by Gasteiger charge is 2.30. The van der Waals surface area contributed by atoms with Crippen molar-refractivity contribution in [1.82, 2.24) is 20.4 Å². The molecule has 1 fully saturated rings. The summed E-state index contributed by atoms with van der Waals surface area (Å²) >= 11 is 0.956. The number of carbonyl (C=O) groups is 3. The molecule has 3 amide bonds. The number of benzene rings is 2. The van der Waals surface area contributed by atoms with Gasteiger partial charge in [-0.3, -0.25) is 14.4 Å². The molecule has 33 heavy (non-hydrogen) atoms. The maximum absolute atomic E-state index is 12.9. The van der Waals surface area contributed by atoms with Crippen molar-refractivity contribution in [3.63, 3.8) is 0 Å². The number of nitrogens with zero attached hydrogens (tertiary/aromatic N) is 3. The van der Waals surface area contributed by atoms with Crippen LogP contribution in [0.3, 0.4) is 0 Å². The number of likely N-dealkylation sites (tertiary alicyclic amines) is 1. The molecule has 4 rings (SSSR count). The molecule has 2 aromatic carbocycles. The van der Waals surface area contributed by atoms with Gasteiger partial charge in [-0.15, -0.1) is 10.2 Å². The van der Waals surface area contributed by atoms with Gasteiger partial charge in [-0.1, -0.05) is 59.4 Å². The third-order valence-electron chi connectivity index (χ3n) is 5.50. The first kappa shape index (κ1) is 22.6. The number of anilines is 1. The topological polar surface area (TPSA) is 104 Å². The lowest BCUT2D eigenvalue weighted by Crippen LogP contribution is -2.45. The predicted molar refractivity (Wildman–Crippen MR) is 126 cm³/mol. The summed E-state index contributed by atoms with van der Waals surface area (Å²) in [7, 11) is 0. The van der Waals surface area contributed by atoms with Gasteiger partial charge in [-0.25, -0.2) is 0 Å². The molecule has 8 nitrogen and oxygen atoms in total. The van der Waals surface area contributed by atoms with E-state index in [4.69, 9.17) is 0 Å². The van der Waals surface area contributed by atoms with Crippen LogP contribution in [0.5, 0.6) is 0 Å². The van der Waals surface area contributed by atoms with Gasteiger partial charge in [0.15, 0.2) is 0 Å². The van der Waals surface area contributed by atoms with Gasteiger partial charge in [0, 0.05) is 25.3 Å². The van der Waals surface area contributed by atoms with Crippen LogP contribution in [0.2, 0.25) is 0 Å². The smallest absolute Gasteiger partial charge is 0.286 e. The molecule has 2 heterocycles. The van der Waals surface area contributed by atoms with E-state index >= 15 is 0 Å². The monoisotopic (exact) mass is 463 g/mol. The molecule has 0 aliphatic carbocycles. The second-order valence-corrected chi connectivity index (χ2v) is 9.00. The predicted octanol–water partition coefficient (Wildman–Crippen LogP) is 3.27. The van der Waals surface area contributed by atoms with Crippen molar-refractivity contribution in [3.05, 3.63) is 75.7 Å². The van der Waals surface area contributed by atoms with E-state index in [1.165, 1.54) is 0 Å². The van der Waals surface area contributed by atoms with E-state index < -0.39 is 5.91 Å². The van der Waals surface area contributed by atoms with Crippen LogP contribution in [0.4, 0.5) is 5.69 Å². The summed E-state index contributed by atoms with van der Waals surface area (Å²) in [5.74, 6) is -1.05. The summed E-state index contributed by atoms with van der Waals surface area (Å²) in [5.41, 5.74) is 2.76. The third kappa shape index (κ3) is 5.81. The molecule has 3 aromatic rings. The average molecular weight is 464 g/mol. The fourth-order valence-electron chi connectivity index (χ4n) is 3.66. The first-order valence-electron chi connectivity index (χ1n) is 10.8. The Labute approximate surface area is 196 Å². The summed E-state index contributed by atoms with van der Waals surface area (Å²) < 4.78 is 0. The van der Waals surface area contributed by atoms with Gasteiger partial charge in [-0.05, 0) is 37.5 Å². The van der Waals surface area contributed by atoms with Gasteiger partial charge in [0.1, 0.15) is 0 Å². The number of hydrogen-bond donors (Lipinski definition) is 2. The maximum Gasteiger partial charge on any atom is 0.286 e. The molecule has 0 spiro atoms. The first-order chi connectivity index (χ1) is 16.0. The molecule has 1 saturated heterocycles. The van der Waals surface area contributed by atoms with Crippen LogP contribution in [0, 0.1) is 12.8 Å². The van der Waals surface area contributed by atoms with Crippen LogP contribution >= 0.6 is 11.3 Å². The number of nitrogens with one attached hydrogen (secondary N) is 2. The highest BCUT2D eigenvalue weighted by molar-refractivity contribution is 7.15. The number of rotatable bonds is 6. The van der Waals surface area contributed by atoms with Crippen molar-refractivity contribution < 1.29 is 14.4 Å². The van der Waals surface area contributed by atoms with Crippen molar-refractivity contribution in [1.29, 1.82) is 0 Å². The highest BCUT2D eigenvalue weighted by atomic mass is 32.1. The van der Waals surface area contributed by atoms with E-state index in [2.05, 4.69) is 20.8 Å². The molecular formula is C24H25N5O3S. The van der Waals surface area contributed by atoms with E-state index in [0.29, 0.717) is 25.3 Å². The zero-order valence-corrected chi connectivity index (χ0v) is 19.1. The second kappa shape index (κ2) is 10.4. The Kier molecular flexibility index (Phi) is 7.09. The van der Waals surface area contributed by atoms with E-state index in [-0.39, 0.29) is 27.7 Å². The van der Waals surface area contributed by atoms with Crippen molar-refractivity contribution in [2.45, 2.75) is 26.3 Å². The summed E-state index contributed by atoms with van der Waals surface area (Å²) in [4.78, 5) is 39.7. The molecule has 1 aromatic heterocycles. The Bertz CT molecular complexity index is 1130. The first-order valence-corrected chi connectivity index (χ1v) is 11.6. The zero-order chi connectivity index (χ0) is 23.2. The average Bonchev–Trinajstić information content (AvgIpc) is 3.35. The molecular weight excluding hydrogens is 438 g/mol. The molecule has 170 valence electrons. The second-order valence-electron chi connectivity index (χ2n) is 8.03. The third-order valence-corrected chi connectivity index (χ3v) is 6.41. The van der Waals surface area contributed by atoms with Crippen molar-refractivity contribution in [3.8, 4) is 0 Å². The number of piperidine rings is 1. The summed E-state index contributed by atoms with van der Waals surface area (Å²) in [6, 6.07) is 17.1. The molecule has 2 N–H and O–H groups in total. The van der Waals surface area contributed by atoms with E-state index in [1.807, 2.05) is 49.4 Å². The van der Waals surface area contributed by atoms with Gasteiger partial charge in [0.2, 0.25) is 15.9 Å². The Morgan fingerprint density at radius 2 is 1.76 bits per heavy atom. The SMILES string of the molecule is Cc1ccc(NC(=O)c2nnc(C(=O)N3CCC[C@H](C(=O)NCc4ccccc4)C3)s2)cc1. The van der Waals surface area contributed by atoms with Crippen molar-refractivity contribution in [2.24, 2.45) is 5.92 Å². The Morgan fingerprint density at radius 3 is 2.52 bits per heavy atom. The normalized spacial score (nSPS) is 15.7. The van der Waals surface area contributed by atoms with Crippen LogP contribution < -0.4 is 10.6 Å². The number of amides is 3. The van der Waals surface area contributed by atoms with Crippen LogP contribution in [0.25, 0.3) is 0 Å². The van der Waals surface area contributed by atoms with Crippen molar-refractivity contribution >= 4 is 34.7 Å². The number of aryl methyl sites for hydroxylation is 1. The minimum atomic E-state index is -0.410. The highest BCUT2D eigenvalue weighted by Crippen LogP contribution is 2.21. The molecule has 0 unspecified atom stereocenters. The fraction of sp³-hybridized carbons (Fsp3) is 0.292. The molecule has 9 heteroatoms. The van der Waals surface area contributed by atoms with E-state index in [1.54, 1.807) is 17.0 Å². The minimum Gasteiger partial charge on any atom is -0.352 e. The maximum atomic E-state index is 12.9.